The summed E-state index contributed by atoms with van der Waals surface area (Å²) in [6.07, 6.45) is 8.69. The number of hydrogen-bond acceptors (Lipinski definition) is 3. The smallest absolute Gasteiger partial charge is 0.123 e. The molecule has 2 aliphatic rings. The molecule has 152 valence electrons. The standard InChI is InChI=1S/C20H30BrFN2O2S/c21-20-6-3-18(22)14-17(20)13-16-8-11-24(12-9-16)10-7-15-1-4-19(5-2-15)23-27(25)26/h3,6,14-16,19,23H,1-2,4-5,7-13H2,(H,25,26)/p-1. The van der Waals surface area contributed by atoms with Crippen LogP contribution in [0.2, 0.25) is 0 Å². The van der Waals surface area contributed by atoms with E-state index in [2.05, 4.69) is 25.6 Å². The lowest BCUT2D eigenvalue weighted by Gasteiger charge is -2.34. The Kier molecular flexibility index (Phi) is 8.26. The van der Waals surface area contributed by atoms with Crippen molar-refractivity contribution in [3.8, 4) is 0 Å². The van der Waals surface area contributed by atoms with E-state index in [1.54, 1.807) is 12.1 Å². The fraction of sp³-hybridized carbons (Fsp3) is 0.700. The van der Waals surface area contributed by atoms with Crippen molar-refractivity contribution in [3.63, 3.8) is 0 Å². The predicted molar refractivity (Wildman–Crippen MR) is 109 cm³/mol. The van der Waals surface area contributed by atoms with Gasteiger partial charge in [0.15, 0.2) is 0 Å². The predicted octanol–water partition coefficient (Wildman–Crippen LogP) is 4.18. The first-order chi connectivity index (χ1) is 13.0. The molecule has 2 fully saturated rings. The lowest BCUT2D eigenvalue weighted by atomic mass is 9.84. The van der Waals surface area contributed by atoms with E-state index in [1.807, 2.05) is 0 Å². The van der Waals surface area contributed by atoms with Crippen molar-refractivity contribution in [2.45, 2.75) is 57.4 Å². The molecule has 0 radical (unpaired) electrons. The number of halogens is 2. The van der Waals surface area contributed by atoms with Crippen molar-refractivity contribution < 1.29 is 13.2 Å². The highest BCUT2D eigenvalue weighted by atomic mass is 79.9. The van der Waals surface area contributed by atoms with Gasteiger partial charge in [-0.2, -0.15) is 0 Å². The van der Waals surface area contributed by atoms with Crippen molar-refractivity contribution in [2.24, 2.45) is 11.8 Å². The van der Waals surface area contributed by atoms with Crippen LogP contribution < -0.4 is 4.72 Å². The lowest BCUT2D eigenvalue weighted by Crippen LogP contribution is -2.37. The molecule has 0 aromatic heterocycles. The molecule has 1 saturated heterocycles. The molecule has 1 aliphatic heterocycles. The van der Waals surface area contributed by atoms with Gasteiger partial charge in [-0.15, -0.1) is 0 Å². The summed E-state index contributed by atoms with van der Waals surface area (Å²) in [4.78, 5) is 2.56. The third-order valence-electron chi connectivity index (χ3n) is 6.19. The molecule has 1 aliphatic carbocycles. The quantitative estimate of drug-likeness (QED) is 0.622. The summed E-state index contributed by atoms with van der Waals surface area (Å²) in [6.45, 7) is 3.40. The zero-order valence-corrected chi connectivity index (χ0v) is 18.1. The Labute approximate surface area is 172 Å². The molecule has 0 spiro atoms. The zero-order chi connectivity index (χ0) is 19.2. The van der Waals surface area contributed by atoms with Gasteiger partial charge in [0.25, 0.3) is 0 Å². The Balaban J connectivity index is 1.34. The first-order valence-electron chi connectivity index (χ1n) is 10.0. The van der Waals surface area contributed by atoms with Gasteiger partial charge in [0.2, 0.25) is 0 Å². The number of piperidine rings is 1. The average Bonchev–Trinajstić information content (AvgIpc) is 2.65. The summed E-state index contributed by atoms with van der Waals surface area (Å²) in [5.74, 6) is 1.20. The van der Waals surface area contributed by atoms with E-state index in [0.29, 0.717) is 5.92 Å². The topological polar surface area (TPSA) is 55.4 Å². The number of nitrogens with one attached hydrogen (secondary N) is 1. The molecular weight excluding hydrogens is 431 g/mol. The maximum absolute atomic E-state index is 13.5. The van der Waals surface area contributed by atoms with Gasteiger partial charge in [0, 0.05) is 21.8 Å². The SMILES string of the molecule is O=S([O-])NC1CCC(CCN2CCC(Cc3cc(F)ccc3Br)CC2)CC1. The molecule has 1 unspecified atom stereocenters. The molecular formula is C20H29BrFN2O2S-. The van der Waals surface area contributed by atoms with Crippen molar-refractivity contribution >= 4 is 27.2 Å². The van der Waals surface area contributed by atoms with E-state index >= 15 is 0 Å². The van der Waals surface area contributed by atoms with Crippen LogP contribution in [0.1, 0.15) is 50.5 Å². The van der Waals surface area contributed by atoms with Crippen molar-refractivity contribution in [1.82, 2.24) is 9.62 Å². The molecule has 1 saturated carbocycles. The highest BCUT2D eigenvalue weighted by Crippen LogP contribution is 2.29. The highest BCUT2D eigenvalue weighted by Gasteiger charge is 2.24. The number of rotatable bonds is 7. The van der Waals surface area contributed by atoms with E-state index in [-0.39, 0.29) is 11.9 Å². The molecule has 1 aromatic rings. The third kappa shape index (κ3) is 6.89. The summed E-state index contributed by atoms with van der Waals surface area (Å²) in [5.41, 5.74) is 1.08. The van der Waals surface area contributed by atoms with Crippen molar-refractivity contribution in [2.75, 3.05) is 19.6 Å². The van der Waals surface area contributed by atoms with Crippen LogP contribution in [0.3, 0.4) is 0 Å². The van der Waals surface area contributed by atoms with Crippen LogP contribution in [0.25, 0.3) is 0 Å². The Morgan fingerprint density at radius 3 is 2.52 bits per heavy atom. The Bertz CT molecular complexity index is 632. The Morgan fingerprint density at radius 2 is 1.85 bits per heavy atom. The summed E-state index contributed by atoms with van der Waals surface area (Å²) in [5, 5.41) is 0. The minimum atomic E-state index is -2.14. The molecule has 7 heteroatoms. The van der Waals surface area contributed by atoms with Gasteiger partial charge in [-0.1, -0.05) is 15.9 Å². The van der Waals surface area contributed by atoms with Gasteiger partial charge in [0.05, 0.1) is 0 Å². The van der Waals surface area contributed by atoms with Gasteiger partial charge in [-0.3, -0.25) is 4.21 Å². The Hall–Kier alpha value is -0.340. The summed E-state index contributed by atoms with van der Waals surface area (Å²) in [6, 6.07) is 5.10. The molecule has 3 rings (SSSR count). The van der Waals surface area contributed by atoms with Crippen LogP contribution in [-0.4, -0.2) is 39.3 Å². The molecule has 0 amide bonds. The van der Waals surface area contributed by atoms with Crippen LogP contribution in [-0.2, 0) is 17.7 Å². The molecule has 4 nitrogen and oxygen atoms in total. The maximum Gasteiger partial charge on any atom is 0.123 e. The molecule has 1 heterocycles. The van der Waals surface area contributed by atoms with Crippen molar-refractivity contribution in [3.05, 3.63) is 34.1 Å². The van der Waals surface area contributed by atoms with Crippen LogP contribution in [0, 0.1) is 17.7 Å². The lowest BCUT2D eigenvalue weighted by molar-refractivity contribution is 0.164. The van der Waals surface area contributed by atoms with E-state index in [1.165, 1.54) is 25.3 Å². The number of benzene rings is 1. The molecule has 27 heavy (non-hydrogen) atoms. The minimum Gasteiger partial charge on any atom is -0.760 e. The van der Waals surface area contributed by atoms with Crippen LogP contribution in [0.5, 0.6) is 0 Å². The van der Waals surface area contributed by atoms with Gasteiger partial charge < -0.3 is 9.45 Å². The third-order valence-corrected chi connectivity index (χ3v) is 7.49. The van der Waals surface area contributed by atoms with E-state index in [9.17, 15) is 13.2 Å². The van der Waals surface area contributed by atoms with Gasteiger partial charge in [-0.05, 0) is 107 Å². The van der Waals surface area contributed by atoms with Gasteiger partial charge in [0.1, 0.15) is 5.82 Å². The monoisotopic (exact) mass is 459 g/mol. The minimum absolute atomic E-state index is 0.137. The first kappa shape index (κ1) is 21.4. The number of nitrogens with zero attached hydrogens (tertiary/aromatic N) is 1. The highest BCUT2D eigenvalue weighted by molar-refractivity contribution is 9.10. The fourth-order valence-electron chi connectivity index (χ4n) is 4.50. The van der Waals surface area contributed by atoms with E-state index < -0.39 is 11.3 Å². The normalized spacial score (nSPS) is 26.2. The molecule has 0 bridgehead atoms. The van der Waals surface area contributed by atoms with Crippen molar-refractivity contribution in [1.29, 1.82) is 0 Å². The van der Waals surface area contributed by atoms with E-state index in [4.69, 9.17) is 0 Å². The number of hydrogen-bond donors (Lipinski definition) is 1. The van der Waals surface area contributed by atoms with Gasteiger partial charge >= 0.3 is 0 Å². The second-order valence-corrected chi connectivity index (χ2v) is 9.64. The Morgan fingerprint density at radius 1 is 1.15 bits per heavy atom. The summed E-state index contributed by atoms with van der Waals surface area (Å²) >= 11 is 1.40. The summed E-state index contributed by atoms with van der Waals surface area (Å²) in [7, 11) is 0. The first-order valence-corrected chi connectivity index (χ1v) is 11.9. The second kappa shape index (κ2) is 10.4. The molecule has 1 atom stereocenters. The van der Waals surface area contributed by atoms with Gasteiger partial charge in [-0.25, -0.2) is 9.11 Å². The van der Waals surface area contributed by atoms with Crippen LogP contribution >= 0.6 is 15.9 Å². The fourth-order valence-corrected chi connectivity index (χ4v) is 5.41. The van der Waals surface area contributed by atoms with Crippen LogP contribution in [0.4, 0.5) is 4.39 Å². The second-order valence-electron chi connectivity index (χ2n) is 8.08. The van der Waals surface area contributed by atoms with E-state index in [0.717, 1.165) is 67.7 Å². The molecule has 1 aromatic carbocycles. The maximum atomic E-state index is 13.5. The summed E-state index contributed by atoms with van der Waals surface area (Å²) < 4.78 is 38.5. The number of likely N-dealkylation sites (tertiary alicyclic amines) is 1. The average molecular weight is 460 g/mol. The largest absolute Gasteiger partial charge is 0.760 e. The van der Waals surface area contributed by atoms with Crippen LogP contribution in [0.15, 0.2) is 22.7 Å². The zero-order valence-electron chi connectivity index (χ0n) is 15.7. The molecule has 1 N–H and O–H groups in total.